The molecule has 1 saturated heterocycles. The van der Waals surface area contributed by atoms with Gasteiger partial charge in [0.05, 0.1) is 18.4 Å². The fraction of sp³-hybridized carbons (Fsp3) is 0.526. The number of cyclic esters (lactones) is 1. The fourth-order valence-electron chi connectivity index (χ4n) is 7.01. The number of carbonyl (C=O) groups excluding carboxylic acids is 4. The summed E-state index contributed by atoms with van der Waals surface area (Å²) < 4.78 is 39.6. The van der Waals surface area contributed by atoms with Gasteiger partial charge in [0.25, 0.3) is 5.91 Å². The summed E-state index contributed by atoms with van der Waals surface area (Å²) in [4.78, 5) is 56.5. The van der Waals surface area contributed by atoms with Crippen LogP contribution < -0.4 is 20.1 Å². The van der Waals surface area contributed by atoms with Gasteiger partial charge in [-0.05, 0) is 67.2 Å². The van der Waals surface area contributed by atoms with Crippen LogP contribution in [0, 0.1) is 11.3 Å². The predicted molar refractivity (Wildman–Crippen MR) is 193 cm³/mol. The van der Waals surface area contributed by atoms with Crippen LogP contribution in [0.15, 0.2) is 55.1 Å². The number of hydrogen-bond acceptors (Lipinski definition) is 8. The Labute approximate surface area is 299 Å². The molecule has 2 aromatic rings. The number of amides is 4. The third-order valence-corrected chi connectivity index (χ3v) is 12.0. The Bertz CT molecular complexity index is 1850. The zero-order valence-electron chi connectivity index (χ0n) is 29.5. The molecule has 3 N–H and O–H groups in total. The van der Waals surface area contributed by atoms with E-state index < -0.39 is 74.1 Å². The van der Waals surface area contributed by atoms with E-state index in [9.17, 15) is 27.6 Å². The molecule has 4 amide bonds. The first-order valence-corrected chi connectivity index (χ1v) is 19.4. The molecule has 51 heavy (non-hydrogen) atoms. The van der Waals surface area contributed by atoms with Crippen LogP contribution in [0.2, 0.25) is 0 Å². The lowest BCUT2D eigenvalue weighted by molar-refractivity contribution is -0.142. The minimum absolute atomic E-state index is 0.0242. The highest BCUT2D eigenvalue weighted by molar-refractivity contribution is 7.91. The molecule has 2 bridgehead atoms. The number of rotatable bonds is 6. The van der Waals surface area contributed by atoms with Crippen LogP contribution in [0.3, 0.4) is 0 Å². The second-order valence-electron chi connectivity index (χ2n) is 15.2. The van der Waals surface area contributed by atoms with E-state index in [0.29, 0.717) is 25.0 Å². The minimum Gasteiger partial charge on any atom is -0.488 e. The topological polar surface area (TPSA) is 160 Å². The molecule has 3 fully saturated rings. The molecule has 0 spiro atoms. The van der Waals surface area contributed by atoms with Gasteiger partial charge in [-0.25, -0.2) is 13.2 Å². The van der Waals surface area contributed by atoms with Crippen molar-refractivity contribution in [3.8, 4) is 5.75 Å². The smallest absolute Gasteiger partial charge is 0.407 e. The van der Waals surface area contributed by atoms with Gasteiger partial charge < -0.3 is 25.0 Å². The number of carbonyl (C=O) groups is 4. The quantitative estimate of drug-likeness (QED) is 0.366. The summed E-state index contributed by atoms with van der Waals surface area (Å²) in [5.41, 5.74) is -1.40. The molecule has 13 heteroatoms. The maximum Gasteiger partial charge on any atom is 0.407 e. The molecule has 5 atom stereocenters. The summed E-state index contributed by atoms with van der Waals surface area (Å²) in [6.07, 6.45) is 8.74. The van der Waals surface area contributed by atoms with Crippen molar-refractivity contribution in [3.05, 3.63) is 60.7 Å². The number of nitrogens with zero attached hydrogens (tertiary/aromatic N) is 1. The molecule has 2 aliphatic carbocycles. The standard InChI is InChI=1S/C38H48N4O8S/c1-5-25-22-38(25,35(45)41-51(47,48)27-17-18-27)40-33(43)30-21-26-23-42(30)34(44)32(37(2,3)4)39-36(46)49-20-12-8-6-7-9-15-29-28-14-11-10-13-24(28)16-19-31(29)50-26/h5,9-11,13-16,19,25-27,30,32H,1,6-8,12,17-18,20-23H2,2-4H3,(H,39,46)(H,40,43)(H,41,45)/b15-9+/t25-,26+,30-,32+,38+/m0/s1. The average molecular weight is 721 g/mol. The second kappa shape index (κ2) is 14.3. The third-order valence-electron chi connectivity index (χ3n) is 10.2. The van der Waals surface area contributed by atoms with Crippen molar-refractivity contribution < 1.29 is 37.1 Å². The Hall–Kier alpha value is -4.39. The van der Waals surface area contributed by atoms with Gasteiger partial charge in [0, 0.05) is 17.9 Å². The van der Waals surface area contributed by atoms with Crippen LogP contribution >= 0.6 is 0 Å². The van der Waals surface area contributed by atoms with Gasteiger partial charge in [-0.2, -0.15) is 0 Å². The van der Waals surface area contributed by atoms with Gasteiger partial charge in [-0.15, -0.1) is 6.58 Å². The van der Waals surface area contributed by atoms with Crippen molar-refractivity contribution >= 4 is 50.7 Å². The molecule has 2 saturated carbocycles. The summed E-state index contributed by atoms with van der Waals surface area (Å²) >= 11 is 0. The van der Waals surface area contributed by atoms with Crippen molar-refractivity contribution in [2.75, 3.05) is 13.2 Å². The van der Waals surface area contributed by atoms with Crippen LogP contribution in [0.25, 0.3) is 16.8 Å². The fourth-order valence-corrected chi connectivity index (χ4v) is 8.37. The monoisotopic (exact) mass is 720 g/mol. The number of sulfonamides is 1. The summed E-state index contributed by atoms with van der Waals surface area (Å²) in [6, 6.07) is 9.72. The number of ether oxygens (including phenoxy) is 2. The first-order valence-electron chi connectivity index (χ1n) is 17.8. The molecular formula is C38H48N4O8S. The van der Waals surface area contributed by atoms with Crippen LogP contribution in [-0.4, -0.2) is 79.3 Å². The lowest BCUT2D eigenvalue weighted by atomic mass is 9.85. The van der Waals surface area contributed by atoms with E-state index in [1.165, 1.54) is 11.0 Å². The number of alkyl carbamates (subject to hydrolysis) is 1. The van der Waals surface area contributed by atoms with Crippen LogP contribution in [0.1, 0.15) is 77.7 Å². The Morgan fingerprint density at radius 1 is 1.08 bits per heavy atom. The van der Waals surface area contributed by atoms with E-state index in [1.807, 2.05) is 63.2 Å². The zero-order valence-corrected chi connectivity index (χ0v) is 30.3. The largest absolute Gasteiger partial charge is 0.488 e. The molecule has 4 aliphatic rings. The molecule has 12 nitrogen and oxygen atoms in total. The van der Waals surface area contributed by atoms with E-state index in [2.05, 4.69) is 28.0 Å². The second-order valence-corrected chi connectivity index (χ2v) is 17.2. The average Bonchev–Trinajstić information content (AvgIpc) is 4.01. The van der Waals surface area contributed by atoms with Gasteiger partial charge in [-0.3, -0.25) is 19.1 Å². The number of benzene rings is 2. The van der Waals surface area contributed by atoms with Gasteiger partial charge in [-0.1, -0.05) is 69.3 Å². The Morgan fingerprint density at radius 3 is 2.55 bits per heavy atom. The van der Waals surface area contributed by atoms with Crippen molar-refractivity contribution in [2.24, 2.45) is 11.3 Å². The molecule has 2 aliphatic heterocycles. The third kappa shape index (κ3) is 7.93. The SMILES string of the molecule is C=C[C@H]1C[C@]1(NC(=O)[C@@H]1C[C@@H]2CN1C(=O)[C@H](C(C)(C)C)NC(=O)OCCCCC/C=C/c1c(ccc3ccccc13)O2)C(=O)NS(=O)(=O)C1CC1. The molecule has 274 valence electrons. The first-order chi connectivity index (χ1) is 24.2. The summed E-state index contributed by atoms with van der Waals surface area (Å²) in [5.74, 6) is -1.84. The molecule has 6 rings (SSSR count). The Morgan fingerprint density at radius 2 is 1.84 bits per heavy atom. The Balaban J connectivity index is 1.34. The molecule has 2 aromatic carbocycles. The number of nitrogens with one attached hydrogen (secondary N) is 3. The van der Waals surface area contributed by atoms with Crippen molar-refractivity contribution in [3.63, 3.8) is 0 Å². The minimum atomic E-state index is -3.88. The van der Waals surface area contributed by atoms with E-state index >= 15 is 0 Å². The van der Waals surface area contributed by atoms with Crippen molar-refractivity contribution in [2.45, 2.75) is 101 Å². The molecular weight excluding hydrogens is 673 g/mol. The number of fused-ring (bicyclic) bond motifs is 5. The molecule has 0 unspecified atom stereocenters. The lowest BCUT2D eigenvalue weighted by Gasteiger charge is -2.35. The Kier molecular flexibility index (Phi) is 10.2. The maximum atomic E-state index is 14.5. The number of allylic oxidation sites excluding steroid dienone is 1. The number of hydrogen-bond donors (Lipinski definition) is 3. The van der Waals surface area contributed by atoms with Crippen LogP contribution in [-0.2, 0) is 29.1 Å². The van der Waals surface area contributed by atoms with E-state index in [4.69, 9.17) is 9.47 Å². The van der Waals surface area contributed by atoms with Gasteiger partial charge >= 0.3 is 6.09 Å². The summed E-state index contributed by atoms with van der Waals surface area (Å²) in [7, 11) is -3.88. The van der Waals surface area contributed by atoms with E-state index in [0.717, 1.165) is 35.6 Å². The van der Waals surface area contributed by atoms with Crippen molar-refractivity contribution in [1.82, 2.24) is 20.3 Å². The summed E-state index contributed by atoms with van der Waals surface area (Å²) in [5, 5.41) is 6.98. The van der Waals surface area contributed by atoms with Crippen LogP contribution in [0.4, 0.5) is 4.79 Å². The van der Waals surface area contributed by atoms with Crippen LogP contribution in [0.5, 0.6) is 5.75 Å². The highest BCUT2D eigenvalue weighted by Crippen LogP contribution is 2.45. The molecule has 2 heterocycles. The maximum absolute atomic E-state index is 14.5. The van der Waals surface area contributed by atoms with Gasteiger partial charge in [0.15, 0.2) is 0 Å². The van der Waals surface area contributed by atoms with Crippen molar-refractivity contribution in [1.29, 1.82) is 0 Å². The molecule has 0 aromatic heterocycles. The van der Waals surface area contributed by atoms with Gasteiger partial charge in [0.2, 0.25) is 21.8 Å². The van der Waals surface area contributed by atoms with E-state index in [-0.39, 0.29) is 26.0 Å². The molecule has 0 radical (unpaired) electrons. The summed E-state index contributed by atoms with van der Waals surface area (Å²) in [6.45, 7) is 9.44. The lowest BCUT2D eigenvalue weighted by Crippen LogP contribution is -2.60. The van der Waals surface area contributed by atoms with E-state index in [1.54, 1.807) is 0 Å². The predicted octanol–water partition coefficient (Wildman–Crippen LogP) is 4.59. The van der Waals surface area contributed by atoms with Gasteiger partial charge in [0.1, 0.15) is 29.5 Å². The zero-order chi connectivity index (χ0) is 36.6. The highest BCUT2D eigenvalue weighted by atomic mass is 32.2. The highest BCUT2D eigenvalue weighted by Gasteiger charge is 2.62. The normalized spacial score (nSPS) is 28.2. The first kappa shape index (κ1) is 36.4.